The smallest absolute Gasteiger partial charge is 0.224 e. The lowest BCUT2D eigenvalue weighted by atomic mass is 9.97. The largest absolute Gasteiger partial charge is 0.353 e. The van der Waals surface area contributed by atoms with E-state index in [1.54, 1.807) is 0 Å². The molecule has 3 heterocycles. The summed E-state index contributed by atoms with van der Waals surface area (Å²) >= 11 is 0. The number of rotatable bonds is 7. The van der Waals surface area contributed by atoms with Gasteiger partial charge in [0.05, 0.1) is 6.42 Å². The van der Waals surface area contributed by atoms with Crippen LogP contribution in [0.25, 0.3) is 0 Å². The van der Waals surface area contributed by atoms with E-state index in [9.17, 15) is 4.79 Å². The molecule has 1 unspecified atom stereocenters. The Bertz CT molecular complexity index is 763. The van der Waals surface area contributed by atoms with Crippen LogP contribution in [0.4, 0.5) is 0 Å². The van der Waals surface area contributed by atoms with Gasteiger partial charge in [0.1, 0.15) is 0 Å². The highest BCUT2D eigenvalue weighted by Crippen LogP contribution is 2.17. The van der Waals surface area contributed by atoms with Gasteiger partial charge in [-0.15, -0.1) is 0 Å². The van der Waals surface area contributed by atoms with Crippen molar-refractivity contribution >= 4 is 5.91 Å². The van der Waals surface area contributed by atoms with Gasteiger partial charge in [-0.1, -0.05) is 30.3 Å². The van der Waals surface area contributed by atoms with Crippen LogP contribution >= 0.6 is 0 Å². The summed E-state index contributed by atoms with van der Waals surface area (Å²) in [5, 5.41) is 6.66. The monoisotopic (exact) mass is 392 g/mol. The van der Waals surface area contributed by atoms with Gasteiger partial charge in [0.15, 0.2) is 0 Å². The normalized spacial score (nSPS) is 20.6. The van der Waals surface area contributed by atoms with Gasteiger partial charge in [0.2, 0.25) is 5.91 Å². The highest BCUT2D eigenvalue weighted by atomic mass is 16.1. The van der Waals surface area contributed by atoms with Crippen molar-refractivity contribution in [2.75, 3.05) is 26.2 Å². The van der Waals surface area contributed by atoms with Crippen LogP contribution in [-0.2, 0) is 24.2 Å². The van der Waals surface area contributed by atoms with Crippen molar-refractivity contribution in [3.63, 3.8) is 0 Å². The van der Waals surface area contributed by atoms with Crippen molar-refractivity contribution in [2.45, 2.75) is 44.7 Å². The molecule has 2 fully saturated rings. The van der Waals surface area contributed by atoms with Crippen molar-refractivity contribution < 1.29 is 4.79 Å². The molecule has 2 N–H and O–H groups in total. The average molecular weight is 393 g/mol. The molecule has 5 nitrogen and oxygen atoms in total. The Morgan fingerprint density at radius 1 is 1.07 bits per heavy atom. The first-order chi connectivity index (χ1) is 14.2. The number of benzene rings is 1. The minimum absolute atomic E-state index is 0.142. The van der Waals surface area contributed by atoms with Gasteiger partial charge in [-0.2, -0.15) is 0 Å². The summed E-state index contributed by atoms with van der Waals surface area (Å²) in [5.41, 5.74) is 3.73. The van der Waals surface area contributed by atoms with Crippen LogP contribution in [0, 0.1) is 5.92 Å². The van der Waals surface area contributed by atoms with E-state index in [0.29, 0.717) is 12.5 Å². The van der Waals surface area contributed by atoms with E-state index in [4.69, 9.17) is 0 Å². The van der Waals surface area contributed by atoms with E-state index in [-0.39, 0.29) is 5.91 Å². The fourth-order valence-electron chi connectivity index (χ4n) is 4.46. The topological polar surface area (TPSA) is 57.3 Å². The van der Waals surface area contributed by atoms with Crippen molar-refractivity contribution in [3.05, 3.63) is 65.5 Å². The van der Waals surface area contributed by atoms with Gasteiger partial charge in [-0.25, -0.2) is 0 Å². The maximum atomic E-state index is 12.5. The van der Waals surface area contributed by atoms with Crippen LogP contribution < -0.4 is 10.6 Å². The van der Waals surface area contributed by atoms with E-state index in [1.807, 2.05) is 18.5 Å². The first-order valence-corrected chi connectivity index (χ1v) is 10.9. The van der Waals surface area contributed by atoms with Gasteiger partial charge in [-0.3, -0.25) is 14.7 Å². The predicted octanol–water partition coefficient (Wildman–Crippen LogP) is 2.56. The van der Waals surface area contributed by atoms with E-state index < -0.39 is 0 Å². The van der Waals surface area contributed by atoms with Gasteiger partial charge >= 0.3 is 0 Å². The zero-order valence-electron chi connectivity index (χ0n) is 17.1. The molecular formula is C24H32N4O. The molecule has 1 aromatic carbocycles. The molecule has 1 atom stereocenters. The number of pyridine rings is 1. The molecule has 2 saturated heterocycles. The molecule has 1 aromatic heterocycles. The Morgan fingerprint density at radius 2 is 1.86 bits per heavy atom. The highest BCUT2D eigenvalue weighted by Gasteiger charge is 2.21. The van der Waals surface area contributed by atoms with Gasteiger partial charge in [0.25, 0.3) is 0 Å². The Morgan fingerprint density at radius 3 is 2.55 bits per heavy atom. The summed E-state index contributed by atoms with van der Waals surface area (Å²) in [6.45, 7) is 5.25. The molecule has 0 radical (unpaired) electrons. The third-order valence-electron chi connectivity index (χ3n) is 6.16. The van der Waals surface area contributed by atoms with Crippen molar-refractivity contribution in [1.29, 1.82) is 0 Å². The van der Waals surface area contributed by atoms with Crippen LogP contribution in [0.2, 0.25) is 0 Å². The van der Waals surface area contributed by atoms with Crippen LogP contribution in [0.15, 0.2) is 48.8 Å². The van der Waals surface area contributed by atoms with E-state index >= 15 is 0 Å². The summed E-state index contributed by atoms with van der Waals surface area (Å²) < 4.78 is 0. The van der Waals surface area contributed by atoms with Crippen LogP contribution in [-0.4, -0.2) is 48.0 Å². The molecule has 2 aromatic rings. The Balaban J connectivity index is 1.18. The van der Waals surface area contributed by atoms with Crippen molar-refractivity contribution in [3.8, 4) is 0 Å². The average Bonchev–Trinajstić information content (AvgIpc) is 3.25. The lowest BCUT2D eigenvalue weighted by Gasteiger charge is -2.32. The predicted molar refractivity (Wildman–Crippen MR) is 116 cm³/mol. The summed E-state index contributed by atoms with van der Waals surface area (Å²) in [7, 11) is 0. The molecule has 29 heavy (non-hydrogen) atoms. The zero-order valence-corrected chi connectivity index (χ0v) is 17.1. The minimum atomic E-state index is 0.142. The lowest BCUT2D eigenvalue weighted by Crippen LogP contribution is -2.44. The number of carbonyl (C=O) groups is 1. The molecule has 0 bridgehead atoms. The third-order valence-corrected chi connectivity index (χ3v) is 6.16. The van der Waals surface area contributed by atoms with E-state index in [0.717, 1.165) is 63.5 Å². The Labute approximate surface area is 173 Å². The van der Waals surface area contributed by atoms with Crippen molar-refractivity contribution in [1.82, 2.24) is 20.5 Å². The lowest BCUT2D eigenvalue weighted by molar-refractivity contribution is -0.121. The number of carbonyl (C=O) groups excluding carboxylic acids is 1. The maximum Gasteiger partial charge on any atom is 0.224 e. The maximum absolute atomic E-state index is 12.5. The number of likely N-dealkylation sites (tertiary alicyclic amines) is 1. The highest BCUT2D eigenvalue weighted by molar-refractivity contribution is 5.78. The minimum Gasteiger partial charge on any atom is -0.353 e. The third kappa shape index (κ3) is 6.12. The summed E-state index contributed by atoms with van der Waals surface area (Å²) in [5.74, 6) is 0.900. The molecule has 154 valence electrons. The van der Waals surface area contributed by atoms with Crippen LogP contribution in [0.3, 0.4) is 0 Å². The number of hydrogen-bond acceptors (Lipinski definition) is 4. The number of hydrogen-bond donors (Lipinski definition) is 2. The van der Waals surface area contributed by atoms with Gasteiger partial charge in [0, 0.05) is 38.1 Å². The summed E-state index contributed by atoms with van der Waals surface area (Å²) in [4.78, 5) is 19.1. The molecule has 0 aliphatic carbocycles. The quantitative estimate of drug-likeness (QED) is 0.760. The standard InChI is InChI=1S/C24H32N4O/c29-24(15-20-5-3-19(4-6-20)14-21-7-11-26-16-21)27-23-8-12-28(13-9-23)18-22-2-1-10-25-17-22/h1-6,10,17,21,23,26H,7-9,11-16,18H2,(H,27,29). The first-order valence-electron chi connectivity index (χ1n) is 10.9. The zero-order chi connectivity index (χ0) is 19.9. The molecule has 2 aliphatic rings. The molecule has 0 spiro atoms. The summed E-state index contributed by atoms with van der Waals surface area (Å²) in [6, 6.07) is 13.0. The van der Waals surface area contributed by atoms with Gasteiger partial charge in [-0.05, 0) is 67.4 Å². The second-order valence-corrected chi connectivity index (χ2v) is 8.54. The van der Waals surface area contributed by atoms with E-state index in [2.05, 4.69) is 50.8 Å². The molecular weight excluding hydrogens is 360 g/mol. The molecule has 2 aliphatic heterocycles. The number of nitrogens with one attached hydrogen (secondary N) is 2. The Kier molecular flexibility index (Phi) is 6.91. The van der Waals surface area contributed by atoms with E-state index in [1.165, 1.54) is 17.5 Å². The number of piperidine rings is 1. The summed E-state index contributed by atoms with van der Waals surface area (Å²) in [6.07, 6.45) is 8.65. The van der Waals surface area contributed by atoms with Gasteiger partial charge < -0.3 is 10.6 Å². The second-order valence-electron chi connectivity index (χ2n) is 8.54. The molecule has 5 heteroatoms. The number of amides is 1. The molecule has 0 saturated carbocycles. The number of nitrogens with zero attached hydrogens (tertiary/aromatic N) is 2. The van der Waals surface area contributed by atoms with Crippen LogP contribution in [0.1, 0.15) is 36.0 Å². The number of aromatic nitrogens is 1. The molecule has 4 rings (SSSR count). The SMILES string of the molecule is O=C(Cc1ccc(CC2CCNC2)cc1)NC1CCN(Cc2cccnc2)CC1. The van der Waals surface area contributed by atoms with Crippen molar-refractivity contribution in [2.24, 2.45) is 5.92 Å². The van der Waals surface area contributed by atoms with Crippen LogP contribution in [0.5, 0.6) is 0 Å². The Hall–Kier alpha value is -2.24. The first kappa shape index (κ1) is 20.0. The fourth-order valence-corrected chi connectivity index (χ4v) is 4.46. The second kappa shape index (κ2) is 9.99. The molecule has 1 amide bonds. The fraction of sp³-hybridized carbons (Fsp3) is 0.500.